The number of nitrogens with zero attached hydrogens (tertiary/aromatic N) is 1. The van der Waals surface area contributed by atoms with Crippen LogP contribution in [0, 0.1) is 0 Å². The fourth-order valence-electron chi connectivity index (χ4n) is 1.32. The van der Waals surface area contributed by atoms with Gasteiger partial charge in [0.2, 0.25) is 0 Å². The molecule has 0 radical (unpaired) electrons. The molecule has 1 unspecified atom stereocenters. The fraction of sp³-hybridized carbons (Fsp3) is 0.800. The maximum atomic E-state index is 11.3. The lowest BCUT2D eigenvalue weighted by atomic mass is 10.2. The summed E-state index contributed by atoms with van der Waals surface area (Å²) in [5, 5.41) is 8.71. The van der Waals surface area contributed by atoms with E-state index in [1.807, 2.05) is 0 Å². The second-order valence-electron chi connectivity index (χ2n) is 2.69. The lowest BCUT2D eigenvalue weighted by Crippen LogP contribution is -2.43. The number of carbonyl (C=O) groups is 1. The van der Waals surface area contributed by atoms with Gasteiger partial charge in [-0.15, -0.1) is 2.94 Å². The zero-order valence-corrected chi connectivity index (χ0v) is 9.58. The first-order valence-corrected chi connectivity index (χ1v) is 6.13. The molecule has 1 aliphatic rings. The predicted octanol–water partition coefficient (Wildman–Crippen LogP) is -0.280. The molecule has 0 aromatic heterocycles. The maximum absolute atomic E-state index is 11.3. The molecule has 1 fully saturated rings. The van der Waals surface area contributed by atoms with Crippen LogP contribution in [0.3, 0.4) is 0 Å². The first kappa shape index (κ1) is 11.1. The van der Waals surface area contributed by atoms with E-state index in [2.05, 4.69) is 2.94 Å². The van der Waals surface area contributed by atoms with Crippen molar-refractivity contribution in [2.45, 2.75) is 18.9 Å². The summed E-state index contributed by atoms with van der Waals surface area (Å²) in [5.74, 6) is -1.09. The zero-order valence-electron chi connectivity index (χ0n) is 6.60. The molecule has 0 aromatic rings. The molecule has 1 saturated heterocycles. The molecule has 13 heavy (non-hydrogen) atoms. The van der Waals surface area contributed by atoms with Gasteiger partial charge in [0.25, 0.3) is 10.2 Å². The number of hydrogen-bond acceptors (Lipinski definition) is 3. The van der Waals surface area contributed by atoms with E-state index in [0.29, 0.717) is 12.8 Å². The van der Waals surface area contributed by atoms with Gasteiger partial charge in [0.15, 0.2) is 0 Å². The summed E-state index contributed by atoms with van der Waals surface area (Å²) in [6.45, 7) is 0.273. The van der Waals surface area contributed by atoms with E-state index in [1.165, 1.54) is 22.9 Å². The standard InChI is InChI=1S/C5H9IN2O4S/c6-7-13(11,12)8-3-1-2-4(8)5(9)10/h4,7H,1-3H2,(H,9,10). The van der Waals surface area contributed by atoms with Gasteiger partial charge in [-0.3, -0.25) is 4.79 Å². The van der Waals surface area contributed by atoms with Crippen molar-refractivity contribution in [2.24, 2.45) is 0 Å². The second-order valence-corrected chi connectivity index (χ2v) is 5.58. The van der Waals surface area contributed by atoms with Crippen LogP contribution in [0.15, 0.2) is 0 Å². The molecule has 76 valence electrons. The Morgan fingerprint density at radius 2 is 2.23 bits per heavy atom. The van der Waals surface area contributed by atoms with Gasteiger partial charge < -0.3 is 5.11 Å². The van der Waals surface area contributed by atoms with Gasteiger partial charge >= 0.3 is 5.97 Å². The molecule has 1 aliphatic heterocycles. The summed E-state index contributed by atoms with van der Waals surface area (Å²) in [5.41, 5.74) is 0. The summed E-state index contributed by atoms with van der Waals surface area (Å²) in [7, 11) is -3.60. The Kier molecular flexibility index (Phi) is 3.49. The van der Waals surface area contributed by atoms with Crippen molar-refractivity contribution in [3.63, 3.8) is 0 Å². The SMILES string of the molecule is O=C(O)C1CCCN1S(=O)(=O)NI. The number of carboxylic acid groups (broad SMARTS) is 1. The molecular formula is C5H9IN2O4S. The third-order valence-electron chi connectivity index (χ3n) is 1.89. The van der Waals surface area contributed by atoms with Crippen LogP contribution in [-0.2, 0) is 15.0 Å². The Morgan fingerprint density at radius 3 is 2.69 bits per heavy atom. The highest BCUT2D eigenvalue weighted by Gasteiger charge is 2.38. The quantitative estimate of drug-likeness (QED) is 0.553. The fourth-order valence-corrected chi connectivity index (χ4v) is 3.07. The molecule has 0 aliphatic carbocycles. The normalized spacial score (nSPS) is 24.8. The molecule has 2 N–H and O–H groups in total. The minimum atomic E-state index is -3.60. The predicted molar refractivity (Wildman–Crippen MR) is 53.4 cm³/mol. The van der Waals surface area contributed by atoms with Gasteiger partial charge in [-0.2, -0.15) is 12.7 Å². The van der Waals surface area contributed by atoms with Crippen molar-refractivity contribution < 1.29 is 18.3 Å². The van der Waals surface area contributed by atoms with Gasteiger partial charge in [-0.25, -0.2) is 0 Å². The first-order valence-electron chi connectivity index (χ1n) is 3.61. The van der Waals surface area contributed by atoms with Crippen molar-refractivity contribution in [2.75, 3.05) is 6.54 Å². The minimum absolute atomic E-state index is 0.273. The van der Waals surface area contributed by atoms with Crippen LogP contribution in [0.1, 0.15) is 12.8 Å². The van der Waals surface area contributed by atoms with Crippen molar-refractivity contribution in [1.82, 2.24) is 7.24 Å². The third-order valence-corrected chi connectivity index (χ3v) is 4.81. The molecule has 0 spiro atoms. The highest BCUT2D eigenvalue weighted by Crippen LogP contribution is 2.20. The topological polar surface area (TPSA) is 86.7 Å². The van der Waals surface area contributed by atoms with Crippen LogP contribution in [0.2, 0.25) is 0 Å². The van der Waals surface area contributed by atoms with E-state index < -0.39 is 22.2 Å². The van der Waals surface area contributed by atoms with Crippen molar-refractivity contribution >= 4 is 39.0 Å². The summed E-state index contributed by atoms with van der Waals surface area (Å²) in [6, 6.07) is -0.910. The summed E-state index contributed by atoms with van der Waals surface area (Å²) in [6.07, 6.45) is 0.974. The van der Waals surface area contributed by atoms with E-state index >= 15 is 0 Å². The van der Waals surface area contributed by atoms with Crippen molar-refractivity contribution in [3.05, 3.63) is 0 Å². The maximum Gasteiger partial charge on any atom is 0.322 e. The van der Waals surface area contributed by atoms with Crippen LogP contribution >= 0.6 is 22.9 Å². The van der Waals surface area contributed by atoms with E-state index in [9.17, 15) is 13.2 Å². The largest absolute Gasteiger partial charge is 0.480 e. The molecule has 0 amide bonds. The average molecular weight is 320 g/mol. The van der Waals surface area contributed by atoms with Crippen molar-refractivity contribution in [3.8, 4) is 0 Å². The van der Waals surface area contributed by atoms with Gasteiger partial charge in [0.05, 0.1) is 0 Å². The second kappa shape index (κ2) is 4.07. The Balaban J connectivity index is 2.86. The molecule has 1 rings (SSSR count). The Labute approximate surface area is 90.0 Å². The van der Waals surface area contributed by atoms with Crippen LogP contribution in [0.5, 0.6) is 0 Å². The minimum Gasteiger partial charge on any atom is -0.480 e. The molecule has 1 atom stereocenters. The van der Waals surface area contributed by atoms with E-state index in [1.54, 1.807) is 0 Å². The summed E-state index contributed by atoms with van der Waals surface area (Å²) >= 11 is 1.48. The first-order chi connectivity index (χ1) is 5.99. The Morgan fingerprint density at radius 1 is 1.62 bits per heavy atom. The average Bonchev–Trinajstić information content (AvgIpc) is 2.52. The van der Waals surface area contributed by atoms with E-state index in [0.717, 1.165) is 4.31 Å². The number of rotatable bonds is 3. The lowest BCUT2D eigenvalue weighted by Gasteiger charge is -2.18. The van der Waals surface area contributed by atoms with Crippen LogP contribution < -0.4 is 2.94 Å². The van der Waals surface area contributed by atoms with Gasteiger partial charge in [-0.05, 0) is 12.8 Å². The number of halogens is 1. The van der Waals surface area contributed by atoms with Crippen LogP contribution in [0.4, 0.5) is 0 Å². The number of nitrogens with one attached hydrogen (secondary N) is 1. The molecule has 0 aromatic carbocycles. The van der Waals surface area contributed by atoms with Crippen LogP contribution in [-0.4, -0.2) is 36.4 Å². The number of hydrogen-bond donors (Lipinski definition) is 2. The molecule has 1 heterocycles. The zero-order chi connectivity index (χ0) is 10.1. The third kappa shape index (κ3) is 2.30. The van der Waals surface area contributed by atoms with Gasteiger partial charge in [0.1, 0.15) is 6.04 Å². The summed E-state index contributed by atoms with van der Waals surface area (Å²) in [4.78, 5) is 10.6. The van der Waals surface area contributed by atoms with Gasteiger partial charge in [-0.1, -0.05) is 0 Å². The number of carboxylic acids is 1. The molecule has 8 heteroatoms. The van der Waals surface area contributed by atoms with E-state index in [-0.39, 0.29) is 6.54 Å². The molecule has 0 saturated carbocycles. The van der Waals surface area contributed by atoms with Crippen LogP contribution in [0.25, 0.3) is 0 Å². The molecular weight excluding hydrogens is 311 g/mol. The monoisotopic (exact) mass is 320 g/mol. The highest BCUT2D eigenvalue weighted by atomic mass is 127. The lowest BCUT2D eigenvalue weighted by molar-refractivity contribution is -0.140. The Bertz CT molecular complexity index is 304. The van der Waals surface area contributed by atoms with Gasteiger partial charge in [0, 0.05) is 29.4 Å². The highest BCUT2D eigenvalue weighted by molar-refractivity contribution is 14.1. The van der Waals surface area contributed by atoms with Crippen molar-refractivity contribution in [1.29, 1.82) is 0 Å². The Hall–Kier alpha value is 0.0700. The van der Waals surface area contributed by atoms with E-state index in [4.69, 9.17) is 5.11 Å². The smallest absolute Gasteiger partial charge is 0.322 e. The summed E-state index contributed by atoms with van der Waals surface area (Å²) < 4.78 is 25.6. The molecule has 6 nitrogen and oxygen atoms in total. The molecule has 0 bridgehead atoms. The number of aliphatic carboxylic acids is 1.